The number of hydrogen-bond donors (Lipinski definition) is 2. The maximum absolute atomic E-state index is 12.3. The minimum atomic E-state index is -1.02. The molecular formula is C16H11ClN4O4. The molecule has 0 radical (unpaired) electrons. The molecule has 0 aromatic heterocycles. The number of hydrogen-bond acceptors (Lipinski definition) is 5. The second-order valence-electron chi connectivity index (χ2n) is 5.18. The first-order chi connectivity index (χ1) is 11.9. The molecule has 0 unspecified atom stereocenters. The molecule has 1 aliphatic heterocycles. The SMILES string of the molecule is O=C(N[C@H]1C=Nc2ccc([N+](=O)[O-])cc2NC1=O)c1ccc(Cl)cc1. The van der Waals surface area contributed by atoms with E-state index in [2.05, 4.69) is 15.6 Å². The first-order valence-corrected chi connectivity index (χ1v) is 7.52. The van der Waals surface area contributed by atoms with E-state index in [0.717, 1.165) is 0 Å². The summed E-state index contributed by atoms with van der Waals surface area (Å²) in [7, 11) is 0. The number of carbonyl (C=O) groups excluding carboxylic acids is 2. The molecule has 0 saturated heterocycles. The van der Waals surface area contributed by atoms with Gasteiger partial charge in [-0.15, -0.1) is 0 Å². The second-order valence-corrected chi connectivity index (χ2v) is 5.62. The standard InChI is InChI=1S/C16H11ClN4O4/c17-10-3-1-9(2-4-10)15(22)20-14-8-18-12-6-5-11(21(24)25)7-13(12)19-16(14)23/h1-8,14H,(H,19,23)(H,20,22)/t14-/m0/s1. The van der Waals surface area contributed by atoms with E-state index in [0.29, 0.717) is 16.3 Å². The Labute approximate surface area is 146 Å². The fraction of sp³-hybridized carbons (Fsp3) is 0.0625. The Morgan fingerprint density at radius 1 is 1.24 bits per heavy atom. The van der Waals surface area contributed by atoms with Crippen LogP contribution >= 0.6 is 11.6 Å². The fourth-order valence-corrected chi connectivity index (χ4v) is 2.34. The van der Waals surface area contributed by atoms with E-state index >= 15 is 0 Å². The number of nitrogens with one attached hydrogen (secondary N) is 2. The number of anilines is 1. The van der Waals surface area contributed by atoms with Gasteiger partial charge in [0.25, 0.3) is 17.5 Å². The molecule has 0 aliphatic carbocycles. The summed E-state index contributed by atoms with van der Waals surface area (Å²) in [5.74, 6) is -1.02. The lowest BCUT2D eigenvalue weighted by Gasteiger charge is -2.12. The highest BCUT2D eigenvalue weighted by molar-refractivity contribution is 6.30. The van der Waals surface area contributed by atoms with Crippen molar-refractivity contribution in [1.29, 1.82) is 0 Å². The van der Waals surface area contributed by atoms with Crippen LogP contribution < -0.4 is 10.6 Å². The number of carbonyl (C=O) groups is 2. The van der Waals surface area contributed by atoms with E-state index in [1.54, 1.807) is 12.1 Å². The molecular weight excluding hydrogens is 348 g/mol. The highest BCUT2D eigenvalue weighted by atomic mass is 35.5. The Morgan fingerprint density at radius 3 is 2.64 bits per heavy atom. The van der Waals surface area contributed by atoms with E-state index < -0.39 is 22.8 Å². The van der Waals surface area contributed by atoms with Crippen LogP contribution in [0.4, 0.5) is 17.1 Å². The number of aliphatic imine (C=N–C) groups is 1. The van der Waals surface area contributed by atoms with Crippen molar-refractivity contribution in [2.45, 2.75) is 6.04 Å². The largest absolute Gasteiger partial charge is 0.336 e. The Hall–Kier alpha value is -3.26. The van der Waals surface area contributed by atoms with Crippen LogP contribution in [0.15, 0.2) is 47.5 Å². The quantitative estimate of drug-likeness (QED) is 0.648. The van der Waals surface area contributed by atoms with E-state index in [1.165, 1.54) is 36.5 Å². The molecule has 9 heteroatoms. The average Bonchev–Trinajstić information content (AvgIpc) is 2.74. The van der Waals surface area contributed by atoms with Crippen molar-refractivity contribution in [3.63, 3.8) is 0 Å². The van der Waals surface area contributed by atoms with Gasteiger partial charge in [-0.1, -0.05) is 11.6 Å². The molecule has 1 atom stereocenters. The Balaban J connectivity index is 1.79. The molecule has 2 aromatic rings. The van der Waals surface area contributed by atoms with Gasteiger partial charge in [-0.3, -0.25) is 24.7 Å². The maximum Gasteiger partial charge on any atom is 0.271 e. The number of nitrogens with zero attached hydrogens (tertiary/aromatic N) is 2. The molecule has 2 amide bonds. The molecule has 0 saturated carbocycles. The van der Waals surface area contributed by atoms with Crippen molar-refractivity contribution in [2.24, 2.45) is 4.99 Å². The molecule has 2 N–H and O–H groups in total. The molecule has 0 spiro atoms. The number of nitro benzene ring substituents is 1. The lowest BCUT2D eigenvalue weighted by molar-refractivity contribution is -0.384. The van der Waals surface area contributed by atoms with Gasteiger partial charge < -0.3 is 10.6 Å². The Bertz CT molecular complexity index is 896. The first-order valence-electron chi connectivity index (χ1n) is 7.14. The van der Waals surface area contributed by atoms with Gasteiger partial charge >= 0.3 is 0 Å². The van der Waals surface area contributed by atoms with E-state index in [1.807, 2.05) is 0 Å². The van der Waals surface area contributed by atoms with Crippen molar-refractivity contribution in [3.8, 4) is 0 Å². The maximum atomic E-state index is 12.3. The van der Waals surface area contributed by atoms with Gasteiger partial charge in [0, 0.05) is 28.9 Å². The molecule has 2 aromatic carbocycles. The van der Waals surface area contributed by atoms with Crippen molar-refractivity contribution in [3.05, 3.63) is 63.2 Å². The van der Waals surface area contributed by atoms with Gasteiger partial charge in [0.1, 0.15) is 6.04 Å². The summed E-state index contributed by atoms with van der Waals surface area (Å²) in [5.41, 5.74) is 0.738. The summed E-state index contributed by atoms with van der Waals surface area (Å²) in [4.78, 5) is 38.9. The molecule has 0 bridgehead atoms. The van der Waals surface area contributed by atoms with Crippen molar-refractivity contribution >= 4 is 46.7 Å². The highest BCUT2D eigenvalue weighted by Gasteiger charge is 2.24. The minimum Gasteiger partial charge on any atom is -0.336 e. The molecule has 8 nitrogen and oxygen atoms in total. The molecule has 0 fully saturated rings. The number of halogens is 1. The molecule has 25 heavy (non-hydrogen) atoms. The number of benzene rings is 2. The van der Waals surface area contributed by atoms with Crippen LogP contribution in [-0.4, -0.2) is 29.0 Å². The third-order valence-corrected chi connectivity index (χ3v) is 3.74. The fourth-order valence-electron chi connectivity index (χ4n) is 2.21. The van der Waals surface area contributed by atoms with Gasteiger partial charge in [-0.05, 0) is 30.3 Å². The second kappa shape index (κ2) is 6.70. The summed E-state index contributed by atoms with van der Waals surface area (Å²) in [5, 5.41) is 16.4. The topological polar surface area (TPSA) is 114 Å². The monoisotopic (exact) mass is 358 g/mol. The third kappa shape index (κ3) is 3.64. The van der Waals surface area contributed by atoms with Crippen LogP contribution in [0.1, 0.15) is 10.4 Å². The van der Waals surface area contributed by atoms with Gasteiger partial charge in [0.15, 0.2) is 0 Å². The molecule has 3 rings (SSSR count). The number of nitro groups is 1. The van der Waals surface area contributed by atoms with Crippen LogP contribution in [0, 0.1) is 10.1 Å². The summed E-state index contributed by atoms with van der Waals surface area (Å²) in [6, 6.07) is 9.09. The average molecular weight is 359 g/mol. The van der Waals surface area contributed by atoms with Crippen molar-refractivity contribution < 1.29 is 14.5 Å². The van der Waals surface area contributed by atoms with Gasteiger partial charge in [0.2, 0.25) is 0 Å². The van der Waals surface area contributed by atoms with E-state index in [4.69, 9.17) is 11.6 Å². The number of fused-ring (bicyclic) bond motifs is 1. The van der Waals surface area contributed by atoms with Crippen LogP contribution in [0.25, 0.3) is 0 Å². The van der Waals surface area contributed by atoms with Crippen LogP contribution in [0.5, 0.6) is 0 Å². The zero-order valence-electron chi connectivity index (χ0n) is 12.6. The predicted octanol–water partition coefficient (Wildman–Crippen LogP) is 2.70. The molecule has 1 heterocycles. The smallest absolute Gasteiger partial charge is 0.271 e. The van der Waals surface area contributed by atoms with Crippen molar-refractivity contribution in [1.82, 2.24) is 5.32 Å². The van der Waals surface area contributed by atoms with Crippen LogP contribution in [-0.2, 0) is 4.79 Å². The summed E-state index contributed by atoms with van der Waals surface area (Å²) in [6.07, 6.45) is 1.28. The van der Waals surface area contributed by atoms with Crippen LogP contribution in [0.3, 0.4) is 0 Å². The zero-order valence-corrected chi connectivity index (χ0v) is 13.4. The first kappa shape index (κ1) is 16.6. The highest BCUT2D eigenvalue weighted by Crippen LogP contribution is 2.30. The van der Waals surface area contributed by atoms with E-state index in [9.17, 15) is 19.7 Å². The number of amides is 2. The number of non-ortho nitro benzene ring substituents is 1. The normalized spacial score (nSPS) is 15.7. The third-order valence-electron chi connectivity index (χ3n) is 3.49. The van der Waals surface area contributed by atoms with Gasteiger partial charge in [-0.25, -0.2) is 0 Å². The van der Waals surface area contributed by atoms with Gasteiger partial charge in [-0.2, -0.15) is 0 Å². The Kier molecular flexibility index (Phi) is 4.44. The summed E-state index contributed by atoms with van der Waals surface area (Å²) in [6.45, 7) is 0. The number of rotatable bonds is 3. The van der Waals surface area contributed by atoms with Gasteiger partial charge in [0.05, 0.1) is 16.3 Å². The zero-order chi connectivity index (χ0) is 18.0. The lowest BCUT2D eigenvalue weighted by Crippen LogP contribution is -2.44. The molecule has 1 aliphatic rings. The predicted molar refractivity (Wildman–Crippen MR) is 92.6 cm³/mol. The molecule has 126 valence electrons. The Morgan fingerprint density at radius 2 is 1.96 bits per heavy atom. The summed E-state index contributed by atoms with van der Waals surface area (Å²) >= 11 is 5.77. The lowest BCUT2D eigenvalue weighted by atomic mass is 10.2. The van der Waals surface area contributed by atoms with Crippen LogP contribution in [0.2, 0.25) is 5.02 Å². The van der Waals surface area contributed by atoms with Crippen molar-refractivity contribution in [2.75, 3.05) is 5.32 Å². The van der Waals surface area contributed by atoms with E-state index in [-0.39, 0.29) is 11.4 Å². The summed E-state index contributed by atoms with van der Waals surface area (Å²) < 4.78 is 0. The minimum absolute atomic E-state index is 0.169.